The quantitative estimate of drug-likeness (QED) is 0.720. The average molecular weight is 385 g/mol. The third-order valence-corrected chi connectivity index (χ3v) is 4.32. The third kappa shape index (κ3) is 3.40. The van der Waals surface area contributed by atoms with Crippen molar-refractivity contribution < 1.29 is 4.79 Å². The Hall–Kier alpha value is -2.02. The Labute approximate surface area is 152 Å². The van der Waals surface area contributed by atoms with Crippen LogP contribution >= 0.6 is 34.8 Å². The van der Waals surface area contributed by atoms with E-state index in [-0.39, 0.29) is 12.5 Å². The molecule has 0 spiro atoms. The van der Waals surface area contributed by atoms with Gasteiger partial charge in [-0.15, -0.1) is 0 Å². The predicted octanol–water partition coefficient (Wildman–Crippen LogP) is 3.70. The smallest absolute Gasteiger partial charge is 0.269 e. The van der Waals surface area contributed by atoms with Crippen LogP contribution in [0.5, 0.6) is 0 Å². The van der Waals surface area contributed by atoms with Gasteiger partial charge in [-0.05, 0) is 24.3 Å². The minimum Gasteiger partial charge on any atom is -0.345 e. The molecule has 3 aromatic rings. The first kappa shape index (κ1) is 16.8. The van der Waals surface area contributed by atoms with E-state index < -0.39 is 0 Å². The number of aryl methyl sites for hydroxylation is 1. The van der Waals surface area contributed by atoms with Crippen molar-refractivity contribution in [3.05, 3.63) is 56.9 Å². The molecular weight excluding hydrogens is 373 g/mol. The Morgan fingerprint density at radius 2 is 2.04 bits per heavy atom. The Morgan fingerprint density at radius 3 is 2.71 bits per heavy atom. The molecule has 2 heterocycles. The minimum absolute atomic E-state index is 0.254. The second kappa shape index (κ2) is 6.84. The van der Waals surface area contributed by atoms with E-state index in [1.165, 1.54) is 6.20 Å². The predicted molar refractivity (Wildman–Crippen MR) is 93.4 cm³/mol. The molecule has 0 saturated heterocycles. The highest BCUT2D eigenvalue weighted by molar-refractivity contribution is 6.36. The molecule has 124 valence electrons. The number of H-pyrrole nitrogens is 1. The standard InChI is InChI=1S/C15H12Cl3N5O/c1-23-14(11(18)6-20-23)7-19-15(24)13-5-12(21-22-13)9-3-2-8(16)4-10(9)17/h2-6H,7H2,1H3,(H,19,24)(H,21,22). The van der Waals surface area contributed by atoms with E-state index in [1.807, 2.05) is 0 Å². The summed E-state index contributed by atoms with van der Waals surface area (Å²) in [6, 6.07) is 6.70. The van der Waals surface area contributed by atoms with Crippen LogP contribution in [0.15, 0.2) is 30.5 Å². The van der Waals surface area contributed by atoms with Gasteiger partial charge in [0.1, 0.15) is 5.69 Å². The molecule has 0 atom stereocenters. The summed E-state index contributed by atoms with van der Waals surface area (Å²) in [7, 11) is 1.75. The fourth-order valence-electron chi connectivity index (χ4n) is 2.17. The van der Waals surface area contributed by atoms with Crippen LogP contribution in [0.4, 0.5) is 0 Å². The molecule has 0 unspecified atom stereocenters. The van der Waals surface area contributed by atoms with Crippen molar-refractivity contribution in [2.24, 2.45) is 7.05 Å². The van der Waals surface area contributed by atoms with E-state index in [1.54, 1.807) is 36.0 Å². The van der Waals surface area contributed by atoms with Crippen LogP contribution in [0.25, 0.3) is 11.3 Å². The molecule has 0 aliphatic carbocycles. The molecule has 0 fully saturated rings. The fourth-order valence-corrected chi connectivity index (χ4v) is 2.91. The van der Waals surface area contributed by atoms with Crippen molar-refractivity contribution >= 4 is 40.7 Å². The highest BCUT2D eigenvalue weighted by Gasteiger charge is 2.14. The first-order valence-corrected chi connectivity index (χ1v) is 8.04. The number of aromatic nitrogens is 4. The lowest BCUT2D eigenvalue weighted by Crippen LogP contribution is -2.24. The Bertz CT molecular complexity index is 883. The van der Waals surface area contributed by atoms with E-state index in [9.17, 15) is 4.79 Å². The minimum atomic E-state index is -0.309. The summed E-state index contributed by atoms with van der Waals surface area (Å²) in [6.07, 6.45) is 1.53. The van der Waals surface area contributed by atoms with Crippen LogP contribution in [-0.2, 0) is 13.6 Å². The molecule has 0 saturated carbocycles. The molecule has 9 heteroatoms. The number of nitrogens with one attached hydrogen (secondary N) is 2. The zero-order valence-corrected chi connectivity index (χ0v) is 14.7. The van der Waals surface area contributed by atoms with Crippen molar-refractivity contribution in [3.8, 4) is 11.3 Å². The average Bonchev–Trinajstić information content (AvgIpc) is 3.13. The molecule has 1 aromatic carbocycles. The molecule has 0 radical (unpaired) electrons. The summed E-state index contributed by atoms with van der Waals surface area (Å²) in [5, 5.41) is 15.1. The van der Waals surface area contributed by atoms with E-state index in [0.29, 0.717) is 37.7 Å². The maximum atomic E-state index is 12.2. The summed E-state index contributed by atoms with van der Waals surface area (Å²) >= 11 is 18.0. The number of halogens is 3. The highest BCUT2D eigenvalue weighted by Crippen LogP contribution is 2.29. The Kier molecular flexibility index (Phi) is 4.80. The normalized spacial score (nSPS) is 10.8. The van der Waals surface area contributed by atoms with Crippen LogP contribution in [0.2, 0.25) is 15.1 Å². The zero-order valence-electron chi connectivity index (χ0n) is 12.5. The molecule has 1 amide bonds. The Morgan fingerprint density at radius 1 is 1.25 bits per heavy atom. The number of rotatable bonds is 4. The van der Waals surface area contributed by atoms with E-state index >= 15 is 0 Å². The van der Waals surface area contributed by atoms with E-state index in [4.69, 9.17) is 34.8 Å². The molecule has 0 bridgehead atoms. The second-order valence-corrected chi connectivity index (χ2v) is 6.29. The largest absolute Gasteiger partial charge is 0.345 e. The molecular formula is C15H12Cl3N5O. The van der Waals surface area contributed by atoms with Gasteiger partial charge in [0.2, 0.25) is 0 Å². The van der Waals surface area contributed by atoms with E-state index in [0.717, 1.165) is 0 Å². The summed E-state index contributed by atoms with van der Waals surface area (Å²) in [4.78, 5) is 12.2. The molecule has 6 nitrogen and oxygen atoms in total. The molecule has 3 rings (SSSR count). The Balaban J connectivity index is 1.74. The first-order chi connectivity index (χ1) is 11.5. The van der Waals surface area contributed by atoms with Crippen LogP contribution in [0.1, 0.15) is 16.2 Å². The number of amides is 1. The number of hydrogen-bond donors (Lipinski definition) is 2. The number of benzene rings is 1. The lowest BCUT2D eigenvalue weighted by atomic mass is 10.1. The van der Waals surface area contributed by atoms with Crippen molar-refractivity contribution in [1.29, 1.82) is 0 Å². The van der Waals surface area contributed by atoms with Crippen molar-refractivity contribution in [2.75, 3.05) is 0 Å². The summed E-state index contributed by atoms with van der Waals surface area (Å²) in [6.45, 7) is 0.254. The molecule has 24 heavy (non-hydrogen) atoms. The van der Waals surface area contributed by atoms with Gasteiger partial charge in [0.15, 0.2) is 0 Å². The maximum absolute atomic E-state index is 12.2. The topological polar surface area (TPSA) is 75.6 Å². The highest BCUT2D eigenvalue weighted by atomic mass is 35.5. The molecule has 2 N–H and O–H groups in total. The van der Waals surface area contributed by atoms with Gasteiger partial charge in [-0.2, -0.15) is 10.2 Å². The van der Waals surface area contributed by atoms with Gasteiger partial charge in [-0.1, -0.05) is 34.8 Å². The van der Waals surface area contributed by atoms with Gasteiger partial charge in [0, 0.05) is 17.6 Å². The first-order valence-electron chi connectivity index (χ1n) is 6.91. The fraction of sp³-hybridized carbons (Fsp3) is 0.133. The van der Waals surface area contributed by atoms with Gasteiger partial charge in [0.25, 0.3) is 5.91 Å². The molecule has 0 aliphatic heterocycles. The number of nitrogens with zero attached hydrogens (tertiary/aromatic N) is 3. The van der Waals surface area contributed by atoms with Crippen LogP contribution in [0, 0.1) is 0 Å². The van der Waals surface area contributed by atoms with Gasteiger partial charge >= 0.3 is 0 Å². The van der Waals surface area contributed by atoms with E-state index in [2.05, 4.69) is 20.6 Å². The van der Waals surface area contributed by atoms with Gasteiger partial charge < -0.3 is 5.32 Å². The van der Waals surface area contributed by atoms with Gasteiger partial charge in [0.05, 0.1) is 34.2 Å². The lowest BCUT2D eigenvalue weighted by Gasteiger charge is -2.04. The van der Waals surface area contributed by atoms with Crippen LogP contribution in [-0.4, -0.2) is 25.9 Å². The van der Waals surface area contributed by atoms with Gasteiger partial charge in [-0.3, -0.25) is 14.6 Å². The monoisotopic (exact) mass is 383 g/mol. The van der Waals surface area contributed by atoms with Crippen LogP contribution in [0.3, 0.4) is 0 Å². The third-order valence-electron chi connectivity index (χ3n) is 3.46. The summed E-state index contributed by atoms with van der Waals surface area (Å²) < 4.78 is 1.61. The summed E-state index contributed by atoms with van der Waals surface area (Å²) in [5.41, 5.74) is 2.27. The molecule has 0 aliphatic rings. The summed E-state index contributed by atoms with van der Waals surface area (Å²) in [5.74, 6) is -0.309. The van der Waals surface area contributed by atoms with Crippen molar-refractivity contribution in [1.82, 2.24) is 25.3 Å². The van der Waals surface area contributed by atoms with Crippen LogP contribution < -0.4 is 5.32 Å². The second-order valence-electron chi connectivity index (χ2n) is 5.04. The van der Waals surface area contributed by atoms with Crippen molar-refractivity contribution in [3.63, 3.8) is 0 Å². The zero-order chi connectivity index (χ0) is 17.3. The number of aromatic amines is 1. The number of hydrogen-bond acceptors (Lipinski definition) is 3. The number of carbonyl (C=O) groups excluding carboxylic acids is 1. The SMILES string of the molecule is Cn1ncc(Cl)c1CNC(=O)c1cc(-c2ccc(Cl)cc2Cl)n[nH]1. The maximum Gasteiger partial charge on any atom is 0.269 e. The lowest BCUT2D eigenvalue weighted by molar-refractivity contribution is 0.0945. The van der Waals surface area contributed by atoms with Gasteiger partial charge in [-0.25, -0.2) is 0 Å². The molecule has 2 aromatic heterocycles. The number of carbonyl (C=O) groups is 1. The van der Waals surface area contributed by atoms with Crippen molar-refractivity contribution in [2.45, 2.75) is 6.54 Å².